The quantitative estimate of drug-likeness (QED) is 0.571. The average Bonchev–Trinajstić information content (AvgIpc) is 2.09. The Kier molecular flexibility index (Phi) is 3.79. The van der Waals surface area contributed by atoms with Crippen LogP contribution in [0.3, 0.4) is 0 Å². The van der Waals surface area contributed by atoms with Crippen molar-refractivity contribution in [3.63, 3.8) is 0 Å². The van der Waals surface area contributed by atoms with Crippen LogP contribution in [0.1, 0.15) is 0 Å². The van der Waals surface area contributed by atoms with E-state index < -0.39 is 0 Å². The molecule has 11 heavy (non-hydrogen) atoms. The Morgan fingerprint density at radius 2 is 1.73 bits per heavy atom. The van der Waals surface area contributed by atoms with E-state index in [1.165, 1.54) is 0 Å². The van der Waals surface area contributed by atoms with E-state index in [1.54, 1.807) is 0 Å². The van der Waals surface area contributed by atoms with Gasteiger partial charge in [0.2, 0.25) is 0 Å². The van der Waals surface area contributed by atoms with Crippen LogP contribution in [0, 0.1) is 11.8 Å². The summed E-state index contributed by atoms with van der Waals surface area (Å²) in [6.45, 7) is 1.47. The molecule has 0 aromatic carbocycles. The van der Waals surface area contributed by atoms with Gasteiger partial charge in [-0.05, 0) is 0 Å². The molecule has 0 radical (unpaired) electrons. The minimum atomic E-state index is -0.102. The van der Waals surface area contributed by atoms with E-state index in [-0.39, 0.29) is 25.0 Å². The lowest BCUT2D eigenvalue weighted by atomic mass is 9.95. The van der Waals surface area contributed by atoms with Crippen LogP contribution < -0.4 is 0 Å². The van der Waals surface area contributed by atoms with Crippen molar-refractivity contribution in [2.45, 2.75) is 0 Å². The summed E-state index contributed by atoms with van der Waals surface area (Å²) in [5, 5.41) is 17.6. The summed E-state index contributed by atoms with van der Waals surface area (Å²) < 4.78 is 10.0. The second-order valence-corrected chi connectivity index (χ2v) is 2.74. The van der Waals surface area contributed by atoms with Gasteiger partial charge >= 0.3 is 0 Å². The third-order valence-electron chi connectivity index (χ3n) is 1.97. The molecule has 0 aromatic rings. The van der Waals surface area contributed by atoms with Crippen LogP contribution in [0.25, 0.3) is 0 Å². The lowest BCUT2D eigenvalue weighted by molar-refractivity contribution is -0.144. The second-order valence-electron chi connectivity index (χ2n) is 2.74. The van der Waals surface area contributed by atoms with E-state index in [1.807, 2.05) is 0 Å². The van der Waals surface area contributed by atoms with Crippen LogP contribution in [-0.4, -0.2) is 43.4 Å². The Morgan fingerprint density at radius 1 is 1.18 bits per heavy atom. The highest BCUT2D eigenvalue weighted by molar-refractivity contribution is 4.69. The molecular formula is C7H14O4. The molecule has 0 unspecified atom stereocenters. The summed E-state index contributed by atoms with van der Waals surface area (Å²) in [7, 11) is 0. The van der Waals surface area contributed by atoms with E-state index in [0.717, 1.165) is 0 Å². The first-order valence-corrected chi connectivity index (χ1v) is 3.75. The molecular weight excluding hydrogens is 148 g/mol. The maximum absolute atomic E-state index is 8.81. The summed E-state index contributed by atoms with van der Waals surface area (Å²) in [6.07, 6.45) is 0. The average molecular weight is 162 g/mol. The first kappa shape index (κ1) is 8.93. The van der Waals surface area contributed by atoms with E-state index >= 15 is 0 Å². The topological polar surface area (TPSA) is 58.9 Å². The zero-order chi connectivity index (χ0) is 8.10. The van der Waals surface area contributed by atoms with Gasteiger partial charge < -0.3 is 19.7 Å². The van der Waals surface area contributed by atoms with Crippen LogP contribution in [0.15, 0.2) is 0 Å². The largest absolute Gasteiger partial charge is 0.396 e. The molecule has 66 valence electrons. The second kappa shape index (κ2) is 4.66. The summed E-state index contributed by atoms with van der Waals surface area (Å²) in [6, 6.07) is 0. The Balaban J connectivity index is 2.30. The number of rotatable bonds is 3. The highest BCUT2D eigenvalue weighted by atomic mass is 16.7. The van der Waals surface area contributed by atoms with Gasteiger partial charge in [0, 0.05) is 25.0 Å². The zero-order valence-electron chi connectivity index (χ0n) is 6.40. The maximum Gasteiger partial charge on any atom is 0.146 e. The fourth-order valence-corrected chi connectivity index (χ4v) is 1.13. The van der Waals surface area contributed by atoms with Crippen molar-refractivity contribution in [3.8, 4) is 0 Å². The number of hydrogen-bond donors (Lipinski definition) is 2. The Hall–Kier alpha value is -0.160. The van der Waals surface area contributed by atoms with Crippen molar-refractivity contribution in [1.29, 1.82) is 0 Å². The SMILES string of the molecule is OCC(CO)C1COCOC1. The van der Waals surface area contributed by atoms with Gasteiger partial charge in [-0.2, -0.15) is 0 Å². The van der Waals surface area contributed by atoms with Gasteiger partial charge in [-0.1, -0.05) is 0 Å². The van der Waals surface area contributed by atoms with Crippen molar-refractivity contribution < 1.29 is 19.7 Å². The first-order chi connectivity index (χ1) is 5.38. The highest BCUT2D eigenvalue weighted by Gasteiger charge is 2.23. The Bertz CT molecular complexity index is 96.6. The summed E-state index contributed by atoms with van der Waals surface area (Å²) in [4.78, 5) is 0. The lowest BCUT2D eigenvalue weighted by Crippen LogP contribution is -2.34. The van der Waals surface area contributed by atoms with Gasteiger partial charge in [0.1, 0.15) is 6.79 Å². The Labute approximate surface area is 65.7 Å². The standard InChI is InChI=1S/C7H14O4/c8-1-6(2-9)7-3-10-5-11-4-7/h6-9H,1-5H2. The Morgan fingerprint density at radius 3 is 2.18 bits per heavy atom. The molecule has 4 heteroatoms. The van der Waals surface area contributed by atoms with E-state index in [4.69, 9.17) is 19.7 Å². The van der Waals surface area contributed by atoms with Crippen molar-refractivity contribution >= 4 is 0 Å². The fraction of sp³-hybridized carbons (Fsp3) is 1.00. The smallest absolute Gasteiger partial charge is 0.146 e. The van der Waals surface area contributed by atoms with Crippen molar-refractivity contribution in [1.82, 2.24) is 0 Å². The summed E-state index contributed by atoms with van der Waals surface area (Å²) in [5.41, 5.74) is 0. The molecule has 1 saturated heterocycles. The molecule has 1 heterocycles. The first-order valence-electron chi connectivity index (χ1n) is 3.75. The maximum atomic E-state index is 8.81. The third kappa shape index (κ3) is 2.41. The molecule has 1 fully saturated rings. The van der Waals surface area contributed by atoms with Gasteiger partial charge in [-0.3, -0.25) is 0 Å². The van der Waals surface area contributed by atoms with Gasteiger partial charge in [0.05, 0.1) is 13.2 Å². The molecule has 0 spiro atoms. The minimum absolute atomic E-state index is 0.00606. The van der Waals surface area contributed by atoms with E-state index in [9.17, 15) is 0 Å². The van der Waals surface area contributed by atoms with Gasteiger partial charge in [-0.25, -0.2) is 0 Å². The van der Waals surface area contributed by atoms with E-state index in [2.05, 4.69) is 0 Å². The zero-order valence-corrected chi connectivity index (χ0v) is 6.40. The molecule has 0 aliphatic carbocycles. The molecule has 0 atom stereocenters. The minimum Gasteiger partial charge on any atom is -0.396 e. The molecule has 2 N–H and O–H groups in total. The van der Waals surface area contributed by atoms with Crippen molar-refractivity contribution in [3.05, 3.63) is 0 Å². The lowest BCUT2D eigenvalue weighted by Gasteiger charge is -2.27. The van der Waals surface area contributed by atoms with Crippen LogP contribution in [0.4, 0.5) is 0 Å². The van der Waals surface area contributed by atoms with Gasteiger partial charge in [0.25, 0.3) is 0 Å². The molecule has 4 nitrogen and oxygen atoms in total. The van der Waals surface area contributed by atoms with Gasteiger partial charge in [-0.15, -0.1) is 0 Å². The summed E-state index contributed by atoms with van der Waals surface area (Å²) >= 11 is 0. The predicted octanol–water partition coefficient (Wildman–Crippen LogP) is -0.792. The van der Waals surface area contributed by atoms with Crippen LogP contribution >= 0.6 is 0 Å². The van der Waals surface area contributed by atoms with Crippen LogP contribution in [0.2, 0.25) is 0 Å². The molecule has 1 aliphatic rings. The number of hydrogen-bond acceptors (Lipinski definition) is 4. The molecule has 1 aliphatic heterocycles. The molecule has 0 amide bonds. The number of aliphatic hydroxyl groups is 2. The van der Waals surface area contributed by atoms with Crippen LogP contribution in [-0.2, 0) is 9.47 Å². The van der Waals surface area contributed by atoms with Crippen molar-refractivity contribution in [2.75, 3.05) is 33.2 Å². The van der Waals surface area contributed by atoms with Crippen LogP contribution in [0.5, 0.6) is 0 Å². The molecule has 0 aromatic heterocycles. The predicted molar refractivity (Wildman–Crippen MR) is 37.9 cm³/mol. The van der Waals surface area contributed by atoms with Gasteiger partial charge in [0.15, 0.2) is 0 Å². The monoisotopic (exact) mass is 162 g/mol. The number of ether oxygens (including phenoxy) is 2. The fourth-order valence-electron chi connectivity index (χ4n) is 1.13. The molecule has 0 bridgehead atoms. The molecule has 1 rings (SSSR count). The van der Waals surface area contributed by atoms with Crippen molar-refractivity contribution in [2.24, 2.45) is 11.8 Å². The summed E-state index contributed by atoms with van der Waals surface area (Å²) in [5.74, 6) is 0.0362. The number of aliphatic hydroxyl groups excluding tert-OH is 2. The van der Waals surface area contributed by atoms with E-state index in [0.29, 0.717) is 20.0 Å². The third-order valence-corrected chi connectivity index (χ3v) is 1.97. The highest BCUT2D eigenvalue weighted by Crippen LogP contribution is 2.15. The normalized spacial score (nSPS) is 21.0. The molecule has 0 saturated carbocycles.